The van der Waals surface area contributed by atoms with Gasteiger partial charge in [0.05, 0.1) is 14.3 Å². The Morgan fingerprint density at radius 2 is 1.42 bits per heavy atom. The zero-order valence-corrected chi connectivity index (χ0v) is 20.2. The van der Waals surface area contributed by atoms with E-state index in [0.717, 1.165) is 21.9 Å². The van der Waals surface area contributed by atoms with E-state index in [9.17, 15) is 9.90 Å². The molecule has 0 unspecified atom stereocenters. The summed E-state index contributed by atoms with van der Waals surface area (Å²) in [6, 6.07) is 28.9. The zero-order chi connectivity index (χ0) is 23.4. The van der Waals surface area contributed by atoms with Crippen molar-refractivity contribution >= 4 is 14.2 Å². The summed E-state index contributed by atoms with van der Waals surface area (Å²) in [6.45, 7) is 6.50. The molecule has 0 aromatic heterocycles. The number of cyclic esters (lactones) is 1. The molecule has 0 bridgehead atoms. The molecule has 0 saturated carbocycles. The first-order valence-corrected chi connectivity index (χ1v) is 14.7. The van der Waals surface area contributed by atoms with Gasteiger partial charge in [0, 0.05) is 0 Å². The molecule has 3 aromatic carbocycles. The standard InChI is InChI=1S/C28H29NO3Si/c1-33(2,3)24(26(30)22-15-9-5-10-16-22)19-20-29-25(21-13-7-4-8-14-21)27(32-28(29)31)23-17-11-6-12-18-23/h4-18,20,25-27,30H,1-3H3/t19?,25-,26-,27+/m0/s1. The SMILES string of the molecule is C[Si](C)(C)C(=C=CN1C(=O)O[C@H](c2ccccc2)[C@@H]1c1ccccc1)[C@@H](O)c1ccccc1. The van der Waals surface area contributed by atoms with Gasteiger partial charge in [-0.05, 0) is 21.9 Å². The lowest BCUT2D eigenvalue weighted by Crippen LogP contribution is -2.28. The van der Waals surface area contributed by atoms with Gasteiger partial charge in [0.25, 0.3) is 0 Å². The van der Waals surface area contributed by atoms with E-state index >= 15 is 0 Å². The van der Waals surface area contributed by atoms with Crippen LogP contribution in [0.25, 0.3) is 0 Å². The summed E-state index contributed by atoms with van der Waals surface area (Å²) >= 11 is 0. The molecule has 33 heavy (non-hydrogen) atoms. The Balaban J connectivity index is 1.79. The van der Waals surface area contributed by atoms with Crippen LogP contribution in [0.2, 0.25) is 19.6 Å². The molecule has 1 amide bonds. The predicted molar refractivity (Wildman–Crippen MR) is 133 cm³/mol. The van der Waals surface area contributed by atoms with E-state index in [-0.39, 0.29) is 6.04 Å². The Morgan fingerprint density at radius 1 is 0.909 bits per heavy atom. The van der Waals surface area contributed by atoms with Crippen LogP contribution in [0, 0.1) is 0 Å². The van der Waals surface area contributed by atoms with E-state index in [1.54, 1.807) is 11.1 Å². The minimum atomic E-state index is -1.96. The molecule has 1 aliphatic heterocycles. The first kappa shape index (κ1) is 22.8. The van der Waals surface area contributed by atoms with Crippen LogP contribution in [-0.4, -0.2) is 24.2 Å². The Hall–Kier alpha value is -3.37. The molecule has 4 nitrogen and oxygen atoms in total. The first-order valence-electron chi connectivity index (χ1n) is 11.2. The molecule has 0 aliphatic carbocycles. The fourth-order valence-electron chi connectivity index (χ4n) is 4.15. The molecule has 0 radical (unpaired) electrons. The van der Waals surface area contributed by atoms with E-state index < -0.39 is 26.4 Å². The van der Waals surface area contributed by atoms with Crippen LogP contribution in [0.3, 0.4) is 0 Å². The summed E-state index contributed by atoms with van der Waals surface area (Å²) in [5.74, 6) is 0. The third-order valence-corrected chi connectivity index (χ3v) is 7.88. The second-order valence-corrected chi connectivity index (χ2v) is 14.3. The van der Waals surface area contributed by atoms with Crippen molar-refractivity contribution in [3.63, 3.8) is 0 Å². The van der Waals surface area contributed by atoms with Crippen molar-refractivity contribution in [2.75, 3.05) is 0 Å². The fourth-order valence-corrected chi connectivity index (χ4v) is 5.64. The molecular formula is C28H29NO3Si. The van der Waals surface area contributed by atoms with Crippen LogP contribution in [-0.2, 0) is 4.74 Å². The van der Waals surface area contributed by atoms with Gasteiger partial charge in [0.2, 0.25) is 0 Å². The summed E-state index contributed by atoms with van der Waals surface area (Å²) < 4.78 is 5.85. The number of aliphatic hydroxyl groups is 1. The van der Waals surface area contributed by atoms with Crippen LogP contribution < -0.4 is 0 Å². The number of hydrogen-bond donors (Lipinski definition) is 1. The lowest BCUT2D eigenvalue weighted by molar-refractivity contribution is 0.131. The number of carbonyl (C=O) groups is 1. The van der Waals surface area contributed by atoms with Gasteiger partial charge < -0.3 is 9.84 Å². The largest absolute Gasteiger partial charge is 0.438 e. The molecule has 3 atom stereocenters. The van der Waals surface area contributed by atoms with Crippen LogP contribution in [0.4, 0.5) is 4.79 Å². The average molecular weight is 456 g/mol. The van der Waals surface area contributed by atoms with E-state index in [4.69, 9.17) is 4.74 Å². The van der Waals surface area contributed by atoms with Crippen molar-refractivity contribution < 1.29 is 14.6 Å². The number of benzene rings is 3. The molecule has 1 N–H and O–H groups in total. The second kappa shape index (κ2) is 9.63. The van der Waals surface area contributed by atoms with Gasteiger partial charge in [0.1, 0.15) is 12.1 Å². The Kier molecular flexibility index (Phi) is 6.66. The molecule has 168 valence electrons. The first-order chi connectivity index (χ1) is 15.9. The third kappa shape index (κ3) is 5.01. The maximum Gasteiger partial charge on any atom is 0.415 e. The number of hydrogen-bond acceptors (Lipinski definition) is 3. The van der Waals surface area contributed by atoms with Gasteiger partial charge in [0.15, 0.2) is 6.10 Å². The number of amides is 1. The Labute approximate surface area is 196 Å². The molecule has 0 spiro atoms. The maximum absolute atomic E-state index is 13.0. The number of carbonyl (C=O) groups excluding carboxylic acids is 1. The quantitative estimate of drug-likeness (QED) is 0.338. The van der Waals surface area contributed by atoms with Crippen LogP contribution in [0.15, 0.2) is 108 Å². The van der Waals surface area contributed by atoms with Crippen molar-refractivity contribution in [3.05, 3.63) is 125 Å². The topological polar surface area (TPSA) is 49.8 Å². The average Bonchev–Trinajstić information content (AvgIpc) is 3.16. The summed E-state index contributed by atoms with van der Waals surface area (Å²) in [5, 5.41) is 12.0. The van der Waals surface area contributed by atoms with Gasteiger partial charge in [-0.15, -0.1) is 5.73 Å². The molecule has 1 heterocycles. The highest BCUT2D eigenvalue weighted by molar-refractivity contribution is 6.83. The van der Waals surface area contributed by atoms with Crippen molar-refractivity contribution in [2.24, 2.45) is 0 Å². The van der Waals surface area contributed by atoms with Gasteiger partial charge >= 0.3 is 6.09 Å². The van der Waals surface area contributed by atoms with E-state index in [1.165, 1.54) is 0 Å². The molecule has 1 fully saturated rings. The molecule has 1 aliphatic rings. The van der Waals surface area contributed by atoms with E-state index in [0.29, 0.717) is 0 Å². The summed E-state index contributed by atoms with van der Waals surface area (Å²) in [5.41, 5.74) is 6.07. The number of rotatable bonds is 6. The van der Waals surface area contributed by atoms with Crippen LogP contribution in [0.1, 0.15) is 34.9 Å². The van der Waals surface area contributed by atoms with Gasteiger partial charge in [-0.1, -0.05) is 111 Å². The Bertz CT molecular complexity index is 1150. The number of aliphatic hydroxyl groups excluding tert-OH is 1. The summed E-state index contributed by atoms with van der Waals surface area (Å²) in [7, 11) is -1.96. The zero-order valence-electron chi connectivity index (χ0n) is 19.2. The Morgan fingerprint density at radius 3 is 1.97 bits per heavy atom. The van der Waals surface area contributed by atoms with Crippen LogP contribution in [0.5, 0.6) is 0 Å². The lowest BCUT2D eigenvalue weighted by atomic mass is 9.96. The predicted octanol–water partition coefficient (Wildman–Crippen LogP) is 6.57. The minimum Gasteiger partial charge on any atom is -0.438 e. The highest BCUT2D eigenvalue weighted by Gasteiger charge is 2.42. The third-order valence-electron chi connectivity index (χ3n) is 5.85. The molecule has 5 heteroatoms. The summed E-state index contributed by atoms with van der Waals surface area (Å²) in [4.78, 5) is 14.6. The lowest BCUT2D eigenvalue weighted by Gasteiger charge is -2.25. The number of ether oxygens (including phenoxy) is 1. The fraction of sp³-hybridized carbons (Fsp3) is 0.214. The van der Waals surface area contributed by atoms with Gasteiger partial charge in [-0.2, -0.15) is 0 Å². The van der Waals surface area contributed by atoms with Crippen molar-refractivity contribution in [3.8, 4) is 0 Å². The highest BCUT2D eigenvalue weighted by atomic mass is 28.3. The summed E-state index contributed by atoms with van der Waals surface area (Å²) in [6.07, 6.45) is 0.0403. The van der Waals surface area contributed by atoms with Crippen molar-refractivity contribution in [1.29, 1.82) is 0 Å². The van der Waals surface area contributed by atoms with E-state index in [2.05, 4.69) is 25.4 Å². The van der Waals surface area contributed by atoms with E-state index in [1.807, 2.05) is 91.0 Å². The van der Waals surface area contributed by atoms with Crippen molar-refractivity contribution in [2.45, 2.75) is 37.9 Å². The molecular weight excluding hydrogens is 426 g/mol. The normalized spacial score (nSPS) is 18.9. The monoisotopic (exact) mass is 455 g/mol. The second-order valence-electron chi connectivity index (χ2n) is 9.23. The van der Waals surface area contributed by atoms with Gasteiger partial charge in [-0.25, -0.2) is 4.79 Å². The van der Waals surface area contributed by atoms with Crippen molar-refractivity contribution in [1.82, 2.24) is 4.90 Å². The smallest absolute Gasteiger partial charge is 0.415 e. The maximum atomic E-state index is 13.0. The van der Waals surface area contributed by atoms with Crippen LogP contribution >= 0.6 is 0 Å². The molecule has 1 saturated heterocycles. The molecule has 3 aromatic rings. The highest BCUT2D eigenvalue weighted by Crippen LogP contribution is 2.43. The number of nitrogens with zero attached hydrogens (tertiary/aromatic N) is 1. The minimum absolute atomic E-state index is 0.328. The van der Waals surface area contributed by atoms with Gasteiger partial charge in [-0.3, -0.25) is 4.90 Å². The molecule has 4 rings (SSSR count).